The Morgan fingerprint density at radius 3 is 2.53 bits per heavy atom. The van der Waals surface area contributed by atoms with Crippen LogP contribution in [0.25, 0.3) is 0 Å². The fraction of sp³-hybridized carbons (Fsp3) is 0.923. The van der Waals surface area contributed by atoms with Gasteiger partial charge in [-0.3, -0.25) is 4.79 Å². The monoisotopic (exact) mass is 256 g/mol. The SMILES string of the molecule is NCC1CCC(C(=O)NCC2CCSC2)CC1. The number of hydrogen-bond donors (Lipinski definition) is 2. The summed E-state index contributed by atoms with van der Waals surface area (Å²) in [5.41, 5.74) is 5.66. The van der Waals surface area contributed by atoms with Crippen LogP contribution in [-0.4, -0.2) is 30.5 Å². The first-order chi connectivity index (χ1) is 8.29. The summed E-state index contributed by atoms with van der Waals surface area (Å²) in [6.07, 6.45) is 5.60. The summed E-state index contributed by atoms with van der Waals surface area (Å²) >= 11 is 2.01. The van der Waals surface area contributed by atoms with Gasteiger partial charge in [-0.1, -0.05) is 0 Å². The average molecular weight is 256 g/mol. The molecule has 0 aromatic heterocycles. The highest BCUT2D eigenvalue weighted by Gasteiger charge is 2.26. The lowest BCUT2D eigenvalue weighted by atomic mass is 9.81. The second kappa shape index (κ2) is 6.64. The van der Waals surface area contributed by atoms with Crippen molar-refractivity contribution in [2.75, 3.05) is 24.6 Å². The van der Waals surface area contributed by atoms with E-state index in [1.807, 2.05) is 11.8 Å². The standard InChI is InChI=1S/C13H24N2OS/c14-7-10-1-3-12(4-2-10)13(16)15-8-11-5-6-17-9-11/h10-12H,1-9,14H2,(H,15,16). The molecule has 1 unspecified atom stereocenters. The summed E-state index contributed by atoms with van der Waals surface area (Å²) < 4.78 is 0. The Labute approximate surface area is 108 Å². The second-order valence-electron chi connectivity index (χ2n) is 5.43. The van der Waals surface area contributed by atoms with E-state index in [-0.39, 0.29) is 11.8 Å². The number of carbonyl (C=O) groups excluding carboxylic acids is 1. The maximum absolute atomic E-state index is 12.0. The highest BCUT2D eigenvalue weighted by atomic mass is 32.2. The van der Waals surface area contributed by atoms with Gasteiger partial charge in [0, 0.05) is 12.5 Å². The second-order valence-corrected chi connectivity index (χ2v) is 6.58. The van der Waals surface area contributed by atoms with Crippen LogP contribution in [0, 0.1) is 17.8 Å². The fourth-order valence-corrected chi connectivity index (χ4v) is 4.08. The summed E-state index contributed by atoms with van der Waals surface area (Å²) in [7, 11) is 0. The zero-order chi connectivity index (χ0) is 12.1. The first-order valence-corrected chi connectivity index (χ1v) is 8.00. The van der Waals surface area contributed by atoms with Gasteiger partial charge >= 0.3 is 0 Å². The van der Waals surface area contributed by atoms with Crippen molar-refractivity contribution in [1.82, 2.24) is 5.32 Å². The largest absolute Gasteiger partial charge is 0.356 e. The molecule has 2 rings (SSSR count). The van der Waals surface area contributed by atoms with Gasteiger partial charge in [0.25, 0.3) is 0 Å². The zero-order valence-corrected chi connectivity index (χ0v) is 11.3. The van der Waals surface area contributed by atoms with Gasteiger partial charge in [0.1, 0.15) is 0 Å². The van der Waals surface area contributed by atoms with Crippen LogP contribution in [0.1, 0.15) is 32.1 Å². The Morgan fingerprint density at radius 1 is 1.18 bits per heavy atom. The number of hydrogen-bond acceptors (Lipinski definition) is 3. The Bertz CT molecular complexity index is 246. The predicted octanol–water partition coefficient (Wildman–Crippen LogP) is 1.62. The van der Waals surface area contributed by atoms with Gasteiger partial charge in [-0.05, 0) is 62.0 Å². The van der Waals surface area contributed by atoms with E-state index < -0.39 is 0 Å². The highest BCUT2D eigenvalue weighted by Crippen LogP contribution is 2.28. The Balaban J connectivity index is 1.66. The van der Waals surface area contributed by atoms with Crippen molar-refractivity contribution in [3.05, 3.63) is 0 Å². The molecule has 1 saturated carbocycles. The molecule has 4 heteroatoms. The summed E-state index contributed by atoms with van der Waals surface area (Å²) in [5, 5.41) is 3.14. The molecule has 1 atom stereocenters. The predicted molar refractivity (Wildman–Crippen MR) is 72.9 cm³/mol. The topological polar surface area (TPSA) is 55.1 Å². The lowest BCUT2D eigenvalue weighted by molar-refractivity contribution is -0.126. The third-order valence-corrected chi connectivity index (χ3v) is 5.37. The molecule has 2 fully saturated rings. The maximum Gasteiger partial charge on any atom is 0.223 e. The number of nitrogens with two attached hydrogens (primary N) is 1. The molecule has 3 nitrogen and oxygen atoms in total. The van der Waals surface area contributed by atoms with E-state index >= 15 is 0 Å². The van der Waals surface area contributed by atoms with E-state index in [9.17, 15) is 4.79 Å². The first kappa shape index (κ1) is 13.2. The molecule has 1 heterocycles. The maximum atomic E-state index is 12.0. The Kier molecular flexibility index (Phi) is 5.16. The van der Waals surface area contributed by atoms with Gasteiger partial charge in [-0.2, -0.15) is 11.8 Å². The normalized spacial score (nSPS) is 33.6. The van der Waals surface area contributed by atoms with Crippen LogP contribution in [0.5, 0.6) is 0 Å². The molecule has 1 aliphatic heterocycles. The van der Waals surface area contributed by atoms with Gasteiger partial charge in [-0.25, -0.2) is 0 Å². The first-order valence-electron chi connectivity index (χ1n) is 6.85. The molecule has 0 spiro atoms. The van der Waals surface area contributed by atoms with Crippen LogP contribution < -0.4 is 11.1 Å². The van der Waals surface area contributed by atoms with Gasteiger partial charge in [0.15, 0.2) is 0 Å². The quantitative estimate of drug-likeness (QED) is 0.803. The van der Waals surface area contributed by atoms with E-state index in [4.69, 9.17) is 5.73 Å². The smallest absolute Gasteiger partial charge is 0.223 e. The third-order valence-electron chi connectivity index (χ3n) is 4.14. The highest BCUT2D eigenvalue weighted by molar-refractivity contribution is 7.99. The van der Waals surface area contributed by atoms with Crippen LogP contribution in [0.15, 0.2) is 0 Å². The van der Waals surface area contributed by atoms with Crippen LogP contribution in [0.3, 0.4) is 0 Å². The van der Waals surface area contributed by atoms with Crippen molar-refractivity contribution in [3.8, 4) is 0 Å². The van der Waals surface area contributed by atoms with Crippen molar-refractivity contribution in [2.45, 2.75) is 32.1 Å². The van der Waals surface area contributed by atoms with Gasteiger partial charge < -0.3 is 11.1 Å². The van der Waals surface area contributed by atoms with Gasteiger partial charge in [-0.15, -0.1) is 0 Å². The summed E-state index contributed by atoms with van der Waals surface area (Å²) in [6.45, 7) is 1.68. The average Bonchev–Trinajstić information content (AvgIpc) is 2.89. The number of thioether (sulfide) groups is 1. The minimum atomic E-state index is 0.256. The molecular formula is C13H24N2OS. The van der Waals surface area contributed by atoms with Crippen LogP contribution >= 0.6 is 11.8 Å². The lowest BCUT2D eigenvalue weighted by Crippen LogP contribution is -2.36. The summed E-state index contributed by atoms with van der Waals surface area (Å²) in [6, 6.07) is 0. The fourth-order valence-electron chi connectivity index (χ4n) is 2.79. The molecule has 0 bridgehead atoms. The van der Waals surface area contributed by atoms with E-state index in [1.54, 1.807) is 0 Å². The van der Waals surface area contributed by atoms with Gasteiger partial charge in [0.05, 0.1) is 0 Å². The zero-order valence-electron chi connectivity index (χ0n) is 10.5. The van der Waals surface area contributed by atoms with E-state index in [0.717, 1.165) is 38.8 Å². The third kappa shape index (κ3) is 3.88. The van der Waals surface area contributed by atoms with E-state index in [1.165, 1.54) is 17.9 Å². The Hall–Kier alpha value is -0.220. The number of rotatable bonds is 4. The molecule has 3 N–H and O–H groups in total. The lowest BCUT2D eigenvalue weighted by Gasteiger charge is -2.27. The molecule has 1 aliphatic carbocycles. The van der Waals surface area contributed by atoms with Crippen molar-refractivity contribution in [2.24, 2.45) is 23.5 Å². The molecule has 0 aromatic carbocycles. The number of nitrogens with one attached hydrogen (secondary N) is 1. The van der Waals surface area contributed by atoms with Crippen LogP contribution in [0.2, 0.25) is 0 Å². The van der Waals surface area contributed by atoms with E-state index in [2.05, 4.69) is 5.32 Å². The summed E-state index contributed by atoms with van der Waals surface area (Å²) in [5.74, 6) is 4.40. The minimum absolute atomic E-state index is 0.256. The minimum Gasteiger partial charge on any atom is -0.356 e. The van der Waals surface area contributed by atoms with Gasteiger partial charge in [0.2, 0.25) is 5.91 Å². The van der Waals surface area contributed by atoms with Crippen molar-refractivity contribution < 1.29 is 4.79 Å². The molecule has 1 saturated heterocycles. The Morgan fingerprint density at radius 2 is 1.94 bits per heavy atom. The molecule has 2 aliphatic rings. The summed E-state index contributed by atoms with van der Waals surface area (Å²) in [4.78, 5) is 12.0. The van der Waals surface area contributed by atoms with E-state index in [0.29, 0.717) is 11.8 Å². The molecule has 98 valence electrons. The number of carbonyl (C=O) groups is 1. The molecule has 0 aromatic rings. The molecule has 0 radical (unpaired) electrons. The molecule has 17 heavy (non-hydrogen) atoms. The van der Waals surface area contributed by atoms with Crippen molar-refractivity contribution >= 4 is 17.7 Å². The van der Waals surface area contributed by atoms with Crippen LogP contribution in [0.4, 0.5) is 0 Å². The van der Waals surface area contributed by atoms with Crippen molar-refractivity contribution in [1.29, 1.82) is 0 Å². The molecule has 1 amide bonds. The number of amides is 1. The van der Waals surface area contributed by atoms with Crippen molar-refractivity contribution in [3.63, 3.8) is 0 Å². The van der Waals surface area contributed by atoms with Crippen LogP contribution in [-0.2, 0) is 4.79 Å². The molecular weight excluding hydrogens is 232 g/mol.